The highest BCUT2D eigenvalue weighted by atomic mass is 16.4. The van der Waals surface area contributed by atoms with E-state index in [-0.39, 0.29) is 24.7 Å². The molecule has 142 valence electrons. The fourth-order valence-electron chi connectivity index (χ4n) is 3.81. The highest BCUT2D eigenvalue weighted by molar-refractivity contribution is 5.75. The van der Waals surface area contributed by atoms with Crippen LogP contribution in [0.25, 0.3) is 0 Å². The number of rotatable bonds is 5. The van der Waals surface area contributed by atoms with E-state index < -0.39 is 5.97 Å². The van der Waals surface area contributed by atoms with E-state index in [1.54, 1.807) is 0 Å². The van der Waals surface area contributed by atoms with Gasteiger partial charge in [0.05, 0.1) is 6.54 Å². The van der Waals surface area contributed by atoms with Crippen LogP contribution in [0, 0.1) is 0 Å². The van der Waals surface area contributed by atoms with Crippen molar-refractivity contribution >= 4 is 17.7 Å². The van der Waals surface area contributed by atoms with Crippen LogP contribution in [-0.2, 0) is 11.3 Å². The van der Waals surface area contributed by atoms with Crippen molar-refractivity contribution in [3.8, 4) is 0 Å². The molecule has 0 radical (unpaired) electrons. The Bertz CT molecular complexity index is 660. The number of hydrogen-bond acceptors (Lipinski definition) is 4. The molecule has 2 N–H and O–H groups in total. The smallest absolute Gasteiger partial charge is 0.317 e. The van der Waals surface area contributed by atoms with Crippen molar-refractivity contribution in [2.75, 3.05) is 38.1 Å². The molecule has 7 heteroatoms. The highest BCUT2D eigenvalue weighted by Gasteiger charge is 2.35. The first-order chi connectivity index (χ1) is 12.5. The first kappa shape index (κ1) is 18.5. The number of hydrogen-bond donors (Lipinski definition) is 2. The Morgan fingerprint density at radius 3 is 2.69 bits per heavy atom. The lowest BCUT2D eigenvalue weighted by molar-refractivity contribution is -0.139. The maximum absolute atomic E-state index is 12.7. The minimum absolute atomic E-state index is 0.0279. The molecule has 1 aliphatic heterocycles. The van der Waals surface area contributed by atoms with E-state index in [1.807, 2.05) is 28.9 Å². The summed E-state index contributed by atoms with van der Waals surface area (Å²) in [6.45, 7) is 4.86. The number of fused-ring (bicyclic) bond motifs is 1. The molecule has 7 nitrogen and oxygen atoms in total. The average molecular weight is 360 g/mol. The molecule has 26 heavy (non-hydrogen) atoms. The molecule has 1 aromatic rings. The van der Waals surface area contributed by atoms with Crippen molar-refractivity contribution in [1.29, 1.82) is 0 Å². The zero-order valence-corrected chi connectivity index (χ0v) is 15.5. The minimum atomic E-state index is -0.799. The molecule has 3 rings (SSSR count). The number of benzene rings is 1. The predicted octanol–water partition coefficient (Wildman–Crippen LogP) is 1.59. The van der Waals surface area contributed by atoms with E-state index in [9.17, 15) is 9.59 Å². The molecule has 0 spiro atoms. The Balaban J connectivity index is 1.53. The minimum Gasteiger partial charge on any atom is -0.480 e. The number of nitrogens with zero attached hydrogens (tertiary/aromatic N) is 3. The van der Waals surface area contributed by atoms with Gasteiger partial charge in [0.1, 0.15) is 0 Å². The van der Waals surface area contributed by atoms with Gasteiger partial charge in [-0.05, 0) is 31.0 Å². The Morgan fingerprint density at radius 1 is 1.27 bits per heavy atom. The molecule has 0 saturated heterocycles. The molecular formula is C19H28N4O3. The molecule has 0 bridgehead atoms. The van der Waals surface area contributed by atoms with E-state index in [0.29, 0.717) is 19.6 Å². The Labute approximate surface area is 154 Å². The van der Waals surface area contributed by atoms with Crippen LogP contribution in [0.2, 0.25) is 0 Å². The summed E-state index contributed by atoms with van der Waals surface area (Å²) in [5.41, 5.74) is 2.34. The standard InChI is InChI=1S/C19H28N4O3/c1-3-22(13-18(24)25)16-10-15(11-16)20-19(26)23-9-8-21(2)17-7-5-4-6-14(17)12-23/h4-7,15-16H,3,8-13H2,1-2H3,(H,20,26)(H,24,25). The third-order valence-corrected chi connectivity index (χ3v) is 5.46. The predicted molar refractivity (Wildman–Crippen MR) is 100 cm³/mol. The van der Waals surface area contributed by atoms with Gasteiger partial charge in [-0.3, -0.25) is 9.69 Å². The number of amides is 2. The summed E-state index contributed by atoms with van der Waals surface area (Å²) >= 11 is 0. The Hall–Kier alpha value is -2.28. The van der Waals surface area contributed by atoms with Gasteiger partial charge in [-0.2, -0.15) is 0 Å². The van der Waals surface area contributed by atoms with Gasteiger partial charge in [-0.25, -0.2) is 4.79 Å². The molecular weight excluding hydrogens is 332 g/mol. The van der Waals surface area contributed by atoms with Gasteiger partial charge in [0.15, 0.2) is 0 Å². The van der Waals surface area contributed by atoms with Crippen LogP contribution in [0.15, 0.2) is 24.3 Å². The topological polar surface area (TPSA) is 76.1 Å². The van der Waals surface area contributed by atoms with Crippen LogP contribution >= 0.6 is 0 Å². The van der Waals surface area contributed by atoms with E-state index >= 15 is 0 Å². The SMILES string of the molecule is CCN(CC(=O)O)C1CC(NC(=O)N2CCN(C)c3ccccc3C2)C1. The molecule has 1 aliphatic carbocycles. The van der Waals surface area contributed by atoms with Crippen molar-refractivity contribution in [2.24, 2.45) is 0 Å². The zero-order chi connectivity index (χ0) is 18.7. The lowest BCUT2D eigenvalue weighted by atomic mass is 9.85. The second kappa shape index (κ2) is 7.95. The number of likely N-dealkylation sites (N-methyl/N-ethyl adjacent to an activating group) is 2. The van der Waals surface area contributed by atoms with Crippen molar-refractivity contribution in [3.05, 3.63) is 29.8 Å². The molecule has 1 heterocycles. The Morgan fingerprint density at radius 2 is 2.00 bits per heavy atom. The number of nitrogens with one attached hydrogen (secondary N) is 1. The summed E-state index contributed by atoms with van der Waals surface area (Å²) in [4.78, 5) is 29.6. The lowest BCUT2D eigenvalue weighted by Gasteiger charge is -2.42. The largest absolute Gasteiger partial charge is 0.480 e. The van der Waals surface area contributed by atoms with Crippen molar-refractivity contribution in [1.82, 2.24) is 15.1 Å². The summed E-state index contributed by atoms with van der Waals surface area (Å²) < 4.78 is 0. The normalized spacial score (nSPS) is 22.4. The van der Waals surface area contributed by atoms with Gasteiger partial charge in [-0.1, -0.05) is 25.1 Å². The van der Waals surface area contributed by atoms with E-state index in [0.717, 1.165) is 24.9 Å². The molecule has 2 amide bonds. The number of carboxylic acids is 1. The van der Waals surface area contributed by atoms with Gasteiger partial charge < -0.3 is 20.2 Å². The zero-order valence-electron chi connectivity index (χ0n) is 15.5. The number of para-hydroxylation sites is 1. The fourth-order valence-corrected chi connectivity index (χ4v) is 3.81. The molecule has 0 aromatic heterocycles. The number of aliphatic carboxylic acids is 1. The van der Waals surface area contributed by atoms with Gasteiger partial charge in [0, 0.05) is 44.5 Å². The number of urea groups is 1. The molecule has 2 aliphatic rings. The van der Waals surface area contributed by atoms with Crippen molar-refractivity contribution < 1.29 is 14.7 Å². The third-order valence-electron chi connectivity index (χ3n) is 5.46. The van der Waals surface area contributed by atoms with Crippen molar-refractivity contribution in [3.63, 3.8) is 0 Å². The third kappa shape index (κ3) is 4.09. The molecule has 1 fully saturated rings. The highest BCUT2D eigenvalue weighted by Crippen LogP contribution is 2.27. The lowest BCUT2D eigenvalue weighted by Crippen LogP contribution is -2.56. The first-order valence-corrected chi connectivity index (χ1v) is 9.28. The van der Waals surface area contributed by atoms with Gasteiger partial charge in [-0.15, -0.1) is 0 Å². The molecule has 1 saturated carbocycles. The summed E-state index contributed by atoms with van der Waals surface area (Å²) in [5.74, 6) is -0.799. The average Bonchev–Trinajstić information content (AvgIpc) is 2.75. The van der Waals surface area contributed by atoms with Crippen LogP contribution in [0.1, 0.15) is 25.3 Å². The van der Waals surface area contributed by atoms with Crippen LogP contribution in [-0.4, -0.2) is 72.2 Å². The van der Waals surface area contributed by atoms with E-state index in [4.69, 9.17) is 5.11 Å². The Kier molecular flexibility index (Phi) is 5.66. The molecule has 1 aromatic carbocycles. The maximum Gasteiger partial charge on any atom is 0.317 e. The molecule has 0 atom stereocenters. The summed E-state index contributed by atoms with van der Waals surface area (Å²) in [6, 6.07) is 8.54. The van der Waals surface area contributed by atoms with Crippen LogP contribution in [0.5, 0.6) is 0 Å². The second-order valence-corrected chi connectivity index (χ2v) is 7.20. The number of carboxylic acid groups (broad SMARTS) is 1. The first-order valence-electron chi connectivity index (χ1n) is 9.28. The number of carbonyl (C=O) groups is 2. The monoisotopic (exact) mass is 360 g/mol. The van der Waals surface area contributed by atoms with Crippen LogP contribution < -0.4 is 10.2 Å². The summed E-state index contributed by atoms with van der Waals surface area (Å²) in [5, 5.41) is 12.1. The quantitative estimate of drug-likeness (QED) is 0.834. The maximum atomic E-state index is 12.7. The fraction of sp³-hybridized carbons (Fsp3) is 0.579. The van der Waals surface area contributed by atoms with Gasteiger partial charge in [0.2, 0.25) is 0 Å². The van der Waals surface area contributed by atoms with Crippen LogP contribution in [0.4, 0.5) is 10.5 Å². The van der Waals surface area contributed by atoms with Gasteiger partial charge in [0.25, 0.3) is 0 Å². The van der Waals surface area contributed by atoms with E-state index in [1.165, 1.54) is 5.69 Å². The summed E-state index contributed by atoms with van der Waals surface area (Å²) in [6.07, 6.45) is 1.63. The molecule has 0 unspecified atom stereocenters. The van der Waals surface area contributed by atoms with Crippen LogP contribution in [0.3, 0.4) is 0 Å². The summed E-state index contributed by atoms with van der Waals surface area (Å²) in [7, 11) is 2.05. The van der Waals surface area contributed by atoms with Crippen molar-refractivity contribution in [2.45, 2.75) is 38.4 Å². The van der Waals surface area contributed by atoms with Gasteiger partial charge >= 0.3 is 12.0 Å². The number of carbonyl (C=O) groups excluding carboxylic acids is 1. The second-order valence-electron chi connectivity index (χ2n) is 7.20. The van der Waals surface area contributed by atoms with E-state index in [2.05, 4.69) is 29.4 Å². The number of anilines is 1.